The van der Waals surface area contributed by atoms with E-state index in [-0.39, 0.29) is 32.0 Å². The van der Waals surface area contributed by atoms with Gasteiger partial charge in [-0.25, -0.2) is 8.42 Å². The molecule has 1 atom stereocenters. The summed E-state index contributed by atoms with van der Waals surface area (Å²) in [7, 11) is -3.74. The van der Waals surface area contributed by atoms with Crippen LogP contribution in [0.2, 0.25) is 0 Å². The van der Waals surface area contributed by atoms with Crippen LogP contribution in [0.15, 0.2) is 116 Å². The van der Waals surface area contributed by atoms with Gasteiger partial charge in [-0.2, -0.15) is 4.31 Å². The first kappa shape index (κ1) is 29.6. The van der Waals surface area contributed by atoms with Crippen molar-refractivity contribution in [3.63, 3.8) is 0 Å². The molecule has 1 heterocycles. The molecule has 41 heavy (non-hydrogen) atoms. The average Bonchev–Trinajstić information content (AvgIpc) is 2.99. The van der Waals surface area contributed by atoms with Crippen molar-refractivity contribution in [2.24, 2.45) is 0 Å². The van der Waals surface area contributed by atoms with E-state index < -0.39 is 28.5 Å². The molecule has 0 spiro atoms. The Morgan fingerprint density at radius 1 is 0.732 bits per heavy atom. The van der Waals surface area contributed by atoms with Gasteiger partial charge in [-0.1, -0.05) is 91.0 Å². The Morgan fingerprint density at radius 3 is 1.78 bits per heavy atom. The molecule has 0 aliphatic rings. The van der Waals surface area contributed by atoms with Crippen molar-refractivity contribution < 1.29 is 18.0 Å². The number of hydrogen-bond donors (Lipinski definition) is 1. The molecule has 0 saturated carbocycles. The predicted octanol–water partition coefficient (Wildman–Crippen LogP) is 3.80. The summed E-state index contributed by atoms with van der Waals surface area (Å²) in [5.41, 5.74) is 3.34. The summed E-state index contributed by atoms with van der Waals surface area (Å²) >= 11 is 0. The fourth-order valence-corrected chi connectivity index (χ4v) is 5.19. The first-order valence-corrected chi connectivity index (χ1v) is 15.2. The average molecular weight is 571 g/mol. The SMILES string of the molecule is CS(=O)(=O)N(CC(=O)N(Cc1ccccc1)[C@@H](Cc1ccccc1)C(=O)NCc1ccncc1)Cc1ccccc1. The molecule has 212 valence electrons. The van der Waals surface area contributed by atoms with Gasteiger partial charge in [-0.05, 0) is 34.4 Å². The van der Waals surface area contributed by atoms with Gasteiger partial charge in [-0.3, -0.25) is 14.6 Å². The maximum absolute atomic E-state index is 14.0. The first-order valence-electron chi connectivity index (χ1n) is 13.3. The van der Waals surface area contributed by atoms with Crippen LogP contribution in [0.25, 0.3) is 0 Å². The number of benzene rings is 3. The van der Waals surface area contributed by atoms with Crippen LogP contribution < -0.4 is 5.32 Å². The van der Waals surface area contributed by atoms with Gasteiger partial charge < -0.3 is 10.2 Å². The van der Waals surface area contributed by atoms with E-state index in [4.69, 9.17) is 0 Å². The molecule has 0 aliphatic heterocycles. The lowest BCUT2D eigenvalue weighted by atomic mass is 10.0. The smallest absolute Gasteiger partial charge is 0.243 e. The molecule has 0 bridgehead atoms. The van der Waals surface area contributed by atoms with Crippen LogP contribution >= 0.6 is 0 Å². The monoisotopic (exact) mass is 570 g/mol. The molecular weight excluding hydrogens is 536 g/mol. The first-order chi connectivity index (χ1) is 19.8. The maximum atomic E-state index is 14.0. The summed E-state index contributed by atoms with van der Waals surface area (Å²) < 4.78 is 26.7. The third kappa shape index (κ3) is 9.09. The molecule has 0 unspecified atom stereocenters. The summed E-state index contributed by atoms with van der Waals surface area (Å²) in [5, 5.41) is 2.97. The second kappa shape index (κ2) is 14.3. The number of sulfonamides is 1. The Kier molecular flexibility index (Phi) is 10.4. The summed E-state index contributed by atoms with van der Waals surface area (Å²) in [6.45, 7) is 0.0535. The highest BCUT2D eigenvalue weighted by Gasteiger charge is 2.32. The Labute approximate surface area is 241 Å². The van der Waals surface area contributed by atoms with Gasteiger partial charge in [0.15, 0.2) is 0 Å². The van der Waals surface area contributed by atoms with E-state index >= 15 is 0 Å². The second-order valence-corrected chi connectivity index (χ2v) is 11.8. The van der Waals surface area contributed by atoms with Gasteiger partial charge in [-0.15, -0.1) is 0 Å². The van der Waals surface area contributed by atoms with Crippen molar-refractivity contribution >= 4 is 21.8 Å². The summed E-state index contributed by atoms with van der Waals surface area (Å²) in [5.74, 6) is -0.792. The number of nitrogens with zero attached hydrogens (tertiary/aromatic N) is 3. The van der Waals surface area contributed by atoms with Crippen LogP contribution in [0.4, 0.5) is 0 Å². The highest BCUT2D eigenvalue weighted by molar-refractivity contribution is 7.88. The minimum absolute atomic E-state index is 0.0438. The molecule has 0 saturated heterocycles. The number of hydrogen-bond acceptors (Lipinski definition) is 5. The minimum Gasteiger partial charge on any atom is -0.350 e. The van der Waals surface area contributed by atoms with Gasteiger partial charge >= 0.3 is 0 Å². The number of nitrogens with one attached hydrogen (secondary N) is 1. The van der Waals surface area contributed by atoms with Crippen LogP contribution in [0, 0.1) is 0 Å². The van der Waals surface area contributed by atoms with Crippen LogP contribution in [-0.4, -0.2) is 53.3 Å². The molecule has 2 amide bonds. The molecule has 0 radical (unpaired) electrons. The molecule has 1 N–H and O–H groups in total. The minimum atomic E-state index is -3.74. The Hall–Kier alpha value is -4.34. The van der Waals surface area contributed by atoms with Gasteiger partial charge in [0.1, 0.15) is 6.04 Å². The highest BCUT2D eigenvalue weighted by atomic mass is 32.2. The van der Waals surface area contributed by atoms with E-state index in [0.29, 0.717) is 0 Å². The number of rotatable bonds is 13. The van der Waals surface area contributed by atoms with E-state index in [1.807, 2.05) is 103 Å². The van der Waals surface area contributed by atoms with Crippen molar-refractivity contribution in [1.29, 1.82) is 0 Å². The van der Waals surface area contributed by atoms with Gasteiger partial charge in [0, 0.05) is 38.4 Å². The van der Waals surface area contributed by atoms with Crippen molar-refractivity contribution in [3.05, 3.63) is 138 Å². The number of aromatic nitrogens is 1. The number of carbonyl (C=O) groups excluding carboxylic acids is 2. The lowest BCUT2D eigenvalue weighted by molar-refractivity contribution is -0.141. The molecule has 9 heteroatoms. The fourth-order valence-electron chi connectivity index (χ4n) is 4.46. The fraction of sp³-hybridized carbons (Fsp3) is 0.219. The molecule has 0 aliphatic carbocycles. The Bertz CT molecular complexity index is 1500. The van der Waals surface area contributed by atoms with E-state index in [0.717, 1.165) is 32.8 Å². The molecule has 4 rings (SSSR count). The molecular formula is C32H34N4O4S. The Morgan fingerprint density at radius 2 is 1.24 bits per heavy atom. The zero-order valence-corrected chi connectivity index (χ0v) is 23.8. The topological polar surface area (TPSA) is 99.7 Å². The number of amides is 2. The normalized spacial score (nSPS) is 12.0. The second-order valence-electron chi connectivity index (χ2n) is 9.80. The van der Waals surface area contributed by atoms with Crippen molar-refractivity contribution in [2.75, 3.05) is 12.8 Å². The highest BCUT2D eigenvalue weighted by Crippen LogP contribution is 2.17. The van der Waals surface area contributed by atoms with E-state index in [9.17, 15) is 18.0 Å². The van der Waals surface area contributed by atoms with Crippen LogP contribution in [0.5, 0.6) is 0 Å². The lowest BCUT2D eigenvalue weighted by Crippen LogP contribution is -2.53. The molecule has 1 aromatic heterocycles. The Balaban J connectivity index is 1.66. The van der Waals surface area contributed by atoms with Crippen LogP contribution in [0.1, 0.15) is 22.3 Å². The van der Waals surface area contributed by atoms with Crippen molar-refractivity contribution in [3.8, 4) is 0 Å². The van der Waals surface area contributed by atoms with E-state index in [1.54, 1.807) is 12.4 Å². The quantitative estimate of drug-likeness (QED) is 0.264. The third-order valence-electron chi connectivity index (χ3n) is 6.67. The third-order valence-corrected chi connectivity index (χ3v) is 7.86. The summed E-state index contributed by atoms with van der Waals surface area (Å²) in [6.07, 6.45) is 4.66. The lowest BCUT2D eigenvalue weighted by Gasteiger charge is -2.33. The van der Waals surface area contributed by atoms with Gasteiger partial charge in [0.05, 0.1) is 12.8 Å². The van der Waals surface area contributed by atoms with Crippen molar-refractivity contribution in [1.82, 2.24) is 19.5 Å². The molecule has 8 nitrogen and oxygen atoms in total. The van der Waals surface area contributed by atoms with Crippen LogP contribution in [-0.2, 0) is 45.7 Å². The summed E-state index contributed by atoms with van der Waals surface area (Å²) in [4.78, 5) is 33.3. The standard InChI is InChI=1S/C32H34N4O4S/c1-41(39,40)35(23-28-13-7-3-8-14-28)25-31(37)36(24-29-15-9-4-10-16-29)30(21-26-11-5-2-6-12-26)32(38)34-22-27-17-19-33-20-18-27/h2-20,30H,21-25H2,1H3,(H,34,38)/t30-/m0/s1. The zero-order valence-electron chi connectivity index (χ0n) is 23.0. The van der Waals surface area contributed by atoms with Crippen LogP contribution in [0.3, 0.4) is 0 Å². The largest absolute Gasteiger partial charge is 0.350 e. The molecule has 0 fully saturated rings. The van der Waals surface area contributed by atoms with E-state index in [1.165, 1.54) is 4.90 Å². The number of carbonyl (C=O) groups is 2. The van der Waals surface area contributed by atoms with Crippen molar-refractivity contribution in [2.45, 2.75) is 32.1 Å². The number of pyridine rings is 1. The summed E-state index contributed by atoms with van der Waals surface area (Å²) in [6, 6.07) is 30.7. The van der Waals surface area contributed by atoms with Gasteiger partial charge in [0.25, 0.3) is 0 Å². The van der Waals surface area contributed by atoms with E-state index in [2.05, 4.69) is 10.3 Å². The van der Waals surface area contributed by atoms with Gasteiger partial charge in [0.2, 0.25) is 21.8 Å². The predicted molar refractivity (Wildman–Crippen MR) is 159 cm³/mol. The molecule has 3 aromatic carbocycles. The molecule has 4 aromatic rings. The zero-order chi connectivity index (χ0) is 29.1. The maximum Gasteiger partial charge on any atom is 0.243 e.